The molecule has 0 spiro atoms. The highest BCUT2D eigenvalue weighted by atomic mass is 32.2. The van der Waals surface area contributed by atoms with Gasteiger partial charge in [-0.25, -0.2) is 0 Å². The molecule has 118 valence electrons. The van der Waals surface area contributed by atoms with E-state index >= 15 is 0 Å². The molecule has 0 radical (unpaired) electrons. The Bertz CT molecular complexity index is 610. The van der Waals surface area contributed by atoms with Crippen LogP contribution in [-0.4, -0.2) is 28.3 Å². The minimum absolute atomic E-state index is 0.126. The molecule has 0 unspecified atom stereocenters. The van der Waals surface area contributed by atoms with Crippen LogP contribution in [-0.2, 0) is 0 Å². The van der Waals surface area contributed by atoms with Gasteiger partial charge in [-0.2, -0.15) is 0 Å². The highest BCUT2D eigenvalue weighted by Gasteiger charge is 2.11. The van der Waals surface area contributed by atoms with E-state index in [0.717, 1.165) is 28.0 Å². The van der Waals surface area contributed by atoms with Crippen molar-refractivity contribution in [3.63, 3.8) is 0 Å². The third kappa shape index (κ3) is 4.55. The van der Waals surface area contributed by atoms with Crippen molar-refractivity contribution in [3.05, 3.63) is 35.4 Å². The first-order chi connectivity index (χ1) is 10.6. The average Bonchev–Trinajstić information content (AvgIpc) is 3.00. The molecule has 1 N–H and O–H groups in total. The number of benzene rings is 1. The SMILES string of the molecule is CCNc1nnc(SCC(=O)c2ccc([C@H](C)CC)cc2)s1. The summed E-state index contributed by atoms with van der Waals surface area (Å²) in [5.41, 5.74) is 2.04. The second kappa shape index (κ2) is 8.29. The van der Waals surface area contributed by atoms with Gasteiger partial charge in [-0.05, 0) is 24.8 Å². The minimum Gasteiger partial charge on any atom is -0.360 e. The highest BCUT2D eigenvalue weighted by Crippen LogP contribution is 2.26. The summed E-state index contributed by atoms with van der Waals surface area (Å²) in [7, 11) is 0. The number of carbonyl (C=O) groups excluding carboxylic acids is 1. The number of Topliss-reactive ketones (excluding diaryl/α,β-unsaturated/α-hetero) is 1. The molecule has 1 aromatic carbocycles. The third-order valence-corrected chi connectivity index (χ3v) is 5.49. The van der Waals surface area contributed by atoms with Crippen LogP contribution < -0.4 is 5.32 Å². The topological polar surface area (TPSA) is 54.9 Å². The van der Waals surface area contributed by atoms with Crippen molar-refractivity contribution < 1.29 is 4.79 Å². The molecule has 22 heavy (non-hydrogen) atoms. The summed E-state index contributed by atoms with van der Waals surface area (Å²) in [6, 6.07) is 7.96. The molecule has 0 aliphatic heterocycles. The van der Waals surface area contributed by atoms with Gasteiger partial charge < -0.3 is 5.32 Å². The zero-order valence-electron chi connectivity index (χ0n) is 13.1. The van der Waals surface area contributed by atoms with E-state index < -0.39 is 0 Å². The summed E-state index contributed by atoms with van der Waals surface area (Å²) < 4.78 is 0.820. The van der Waals surface area contributed by atoms with Gasteiger partial charge in [-0.3, -0.25) is 4.79 Å². The summed E-state index contributed by atoms with van der Waals surface area (Å²) in [5.74, 6) is 1.05. The van der Waals surface area contributed by atoms with Gasteiger partial charge in [0, 0.05) is 12.1 Å². The van der Waals surface area contributed by atoms with Gasteiger partial charge in [0.05, 0.1) is 5.75 Å². The Morgan fingerprint density at radius 3 is 2.64 bits per heavy atom. The minimum atomic E-state index is 0.126. The van der Waals surface area contributed by atoms with Crippen LogP contribution in [0, 0.1) is 0 Å². The van der Waals surface area contributed by atoms with E-state index in [9.17, 15) is 4.79 Å². The fourth-order valence-corrected chi connectivity index (χ4v) is 3.65. The number of hydrogen-bond acceptors (Lipinski definition) is 6. The Kier molecular flexibility index (Phi) is 6.39. The van der Waals surface area contributed by atoms with Gasteiger partial charge in [-0.1, -0.05) is 61.2 Å². The maximum Gasteiger partial charge on any atom is 0.206 e. The molecular formula is C16H21N3OS2. The number of thioether (sulfide) groups is 1. The van der Waals surface area contributed by atoms with Crippen LogP contribution in [0.2, 0.25) is 0 Å². The maximum atomic E-state index is 12.2. The average molecular weight is 335 g/mol. The van der Waals surface area contributed by atoms with Gasteiger partial charge in [0.25, 0.3) is 0 Å². The fraction of sp³-hybridized carbons (Fsp3) is 0.438. The fourth-order valence-electron chi connectivity index (χ4n) is 1.93. The summed E-state index contributed by atoms with van der Waals surface area (Å²) in [4.78, 5) is 12.2. The van der Waals surface area contributed by atoms with E-state index in [1.165, 1.54) is 28.7 Å². The molecule has 2 rings (SSSR count). The van der Waals surface area contributed by atoms with Crippen molar-refractivity contribution in [2.24, 2.45) is 0 Å². The van der Waals surface area contributed by atoms with Crippen LogP contribution >= 0.6 is 23.1 Å². The van der Waals surface area contributed by atoms with Gasteiger partial charge >= 0.3 is 0 Å². The lowest BCUT2D eigenvalue weighted by Gasteiger charge is -2.09. The van der Waals surface area contributed by atoms with E-state index in [1.807, 2.05) is 19.1 Å². The second-order valence-corrected chi connectivity index (χ2v) is 7.25. The molecule has 0 aliphatic carbocycles. The Morgan fingerprint density at radius 1 is 1.27 bits per heavy atom. The summed E-state index contributed by atoms with van der Waals surface area (Å²) >= 11 is 2.92. The molecule has 1 aromatic heterocycles. The molecule has 6 heteroatoms. The van der Waals surface area contributed by atoms with E-state index in [4.69, 9.17) is 0 Å². The first-order valence-electron chi connectivity index (χ1n) is 7.47. The number of nitrogens with zero attached hydrogens (tertiary/aromatic N) is 2. The predicted octanol–water partition coefficient (Wildman–Crippen LogP) is 4.46. The molecule has 2 aromatic rings. The number of anilines is 1. The number of hydrogen-bond donors (Lipinski definition) is 1. The smallest absolute Gasteiger partial charge is 0.206 e. The Hall–Kier alpha value is -1.40. The monoisotopic (exact) mass is 335 g/mol. The quantitative estimate of drug-likeness (QED) is 0.570. The largest absolute Gasteiger partial charge is 0.360 e. The lowest BCUT2D eigenvalue weighted by Crippen LogP contribution is -2.02. The van der Waals surface area contributed by atoms with Crippen molar-refractivity contribution in [2.75, 3.05) is 17.6 Å². The zero-order chi connectivity index (χ0) is 15.9. The summed E-state index contributed by atoms with van der Waals surface area (Å²) in [5, 5.41) is 12.0. The van der Waals surface area contributed by atoms with Gasteiger partial charge in [0.1, 0.15) is 0 Å². The number of ketones is 1. The number of rotatable bonds is 8. The van der Waals surface area contributed by atoms with E-state index in [2.05, 4.69) is 41.5 Å². The molecule has 0 saturated heterocycles. The molecule has 1 heterocycles. The molecular weight excluding hydrogens is 314 g/mol. The van der Waals surface area contributed by atoms with Gasteiger partial charge in [-0.15, -0.1) is 10.2 Å². The predicted molar refractivity (Wildman–Crippen MR) is 94.3 cm³/mol. The zero-order valence-corrected chi connectivity index (χ0v) is 14.8. The van der Waals surface area contributed by atoms with Crippen LogP contribution in [0.15, 0.2) is 28.6 Å². The molecule has 0 bridgehead atoms. The molecule has 0 aliphatic rings. The number of aromatic nitrogens is 2. The lowest BCUT2D eigenvalue weighted by atomic mass is 9.97. The normalized spacial score (nSPS) is 12.1. The van der Waals surface area contributed by atoms with Crippen molar-refractivity contribution >= 4 is 34.0 Å². The van der Waals surface area contributed by atoms with Crippen LogP contribution in [0.4, 0.5) is 5.13 Å². The van der Waals surface area contributed by atoms with Gasteiger partial charge in [0.2, 0.25) is 5.13 Å². The van der Waals surface area contributed by atoms with E-state index in [1.54, 1.807) is 0 Å². The summed E-state index contributed by atoms with van der Waals surface area (Å²) in [6.07, 6.45) is 1.11. The Morgan fingerprint density at radius 2 is 2.00 bits per heavy atom. The Labute approximate surface area is 139 Å². The molecule has 4 nitrogen and oxygen atoms in total. The van der Waals surface area contributed by atoms with Crippen LogP contribution in [0.25, 0.3) is 0 Å². The van der Waals surface area contributed by atoms with Gasteiger partial charge in [0.15, 0.2) is 10.1 Å². The van der Waals surface area contributed by atoms with Crippen molar-refractivity contribution in [3.8, 4) is 0 Å². The highest BCUT2D eigenvalue weighted by molar-refractivity contribution is 8.01. The third-order valence-electron chi connectivity index (χ3n) is 3.48. The lowest BCUT2D eigenvalue weighted by molar-refractivity contribution is 0.102. The molecule has 1 atom stereocenters. The molecule has 0 saturated carbocycles. The van der Waals surface area contributed by atoms with Crippen molar-refractivity contribution in [1.29, 1.82) is 0 Å². The number of carbonyl (C=O) groups is 1. The standard InChI is InChI=1S/C16H21N3OS2/c1-4-11(3)12-6-8-13(9-7-12)14(20)10-21-16-19-18-15(22-16)17-5-2/h6-9,11H,4-5,10H2,1-3H3,(H,17,18)/t11-/m1/s1. The number of nitrogens with one attached hydrogen (secondary N) is 1. The molecule has 0 amide bonds. The first kappa shape index (κ1) is 17.0. The van der Waals surface area contributed by atoms with Crippen LogP contribution in [0.3, 0.4) is 0 Å². The van der Waals surface area contributed by atoms with Crippen molar-refractivity contribution in [2.45, 2.75) is 37.4 Å². The van der Waals surface area contributed by atoms with Crippen molar-refractivity contribution in [1.82, 2.24) is 10.2 Å². The van der Waals surface area contributed by atoms with Crippen LogP contribution in [0.1, 0.15) is 49.0 Å². The van der Waals surface area contributed by atoms with E-state index in [-0.39, 0.29) is 5.78 Å². The second-order valence-electron chi connectivity index (χ2n) is 5.05. The first-order valence-corrected chi connectivity index (χ1v) is 9.27. The maximum absolute atomic E-state index is 12.2. The summed E-state index contributed by atoms with van der Waals surface area (Å²) in [6.45, 7) is 7.20. The Balaban J connectivity index is 1.91. The van der Waals surface area contributed by atoms with Crippen LogP contribution in [0.5, 0.6) is 0 Å². The molecule has 0 fully saturated rings. The van der Waals surface area contributed by atoms with E-state index in [0.29, 0.717) is 11.7 Å².